The highest BCUT2D eigenvalue weighted by atomic mass is 16.7. The molecule has 0 aromatic heterocycles. The normalized spacial score (nSPS) is 27.4. The Morgan fingerprint density at radius 1 is 1.37 bits per heavy atom. The lowest BCUT2D eigenvalue weighted by Crippen LogP contribution is -2.42. The van der Waals surface area contributed by atoms with Gasteiger partial charge in [-0.25, -0.2) is 0 Å². The number of hydrogen-bond donors (Lipinski definition) is 0. The molecule has 2 aliphatic heterocycles. The summed E-state index contributed by atoms with van der Waals surface area (Å²) in [6.07, 6.45) is 5.28. The second kappa shape index (κ2) is 7.44. The summed E-state index contributed by atoms with van der Waals surface area (Å²) >= 11 is 0. The van der Waals surface area contributed by atoms with E-state index in [0.717, 1.165) is 31.2 Å². The van der Waals surface area contributed by atoms with E-state index in [0.29, 0.717) is 29.8 Å². The molecule has 8 nitrogen and oxygen atoms in total. The van der Waals surface area contributed by atoms with Crippen LogP contribution < -0.4 is 4.74 Å². The lowest BCUT2D eigenvalue weighted by molar-refractivity contribution is -0.385. The van der Waals surface area contributed by atoms with Crippen LogP contribution in [-0.4, -0.2) is 41.8 Å². The molecule has 0 spiro atoms. The molecule has 146 valence electrons. The molecule has 0 amide bonds. The van der Waals surface area contributed by atoms with Crippen molar-refractivity contribution in [3.05, 3.63) is 33.4 Å². The Morgan fingerprint density at radius 2 is 2.19 bits per heavy atom. The van der Waals surface area contributed by atoms with Crippen molar-refractivity contribution in [2.75, 3.05) is 13.9 Å². The van der Waals surface area contributed by atoms with Crippen molar-refractivity contribution in [3.63, 3.8) is 0 Å². The van der Waals surface area contributed by atoms with Crippen LogP contribution >= 0.6 is 0 Å². The largest absolute Gasteiger partial charge is 0.468 e. The maximum atomic E-state index is 12.4. The summed E-state index contributed by atoms with van der Waals surface area (Å²) in [5.74, 6) is 0.893. The minimum Gasteiger partial charge on any atom is -0.468 e. The molecule has 1 aromatic carbocycles. The number of methoxy groups -OCH3 is 1. The first-order valence-electron chi connectivity index (χ1n) is 9.42. The van der Waals surface area contributed by atoms with Crippen LogP contribution in [0.15, 0.2) is 12.1 Å². The molecule has 1 aromatic rings. The Kier molecular flexibility index (Phi) is 5.01. The second-order valence-corrected chi connectivity index (χ2v) is 7.52. The average molecular weight is 376 g/mol. The lowest BCUT2D eigenvalue weighted by atomic mass is 9.84. The van der Waals surface area contributed by atoms with E-state index in [4.69, 9.17) is 14.2 Å². The van der Waals surface area contributed by atoms with E-state index in [9.17, 15) is 14.9 Å². The zero-order valence-electron chi connectivity index (χ0n) is 15.4. The Bertz CT molecular complexity index is 752. The predicted molar refractivity (Wildman–Crippen MR) is 95.1 cm³/mol. The van der Waals surface area contributed by atoms with Crippen LogP contribution in [0.1, 0.15) is 43.2 Å². The number of non-ortho nitro benzene ring substituents is 1. The number of fused-ring (bicyclic) bond motifs is 2. The topological polar surface area (TPSA) is 91.1 Å². The molecule has 1 aliphatic carbocycles. The fourth-order valence-electron chi connectivity index (χ4n) is 4.85. The number of nitro groups is 1. The third kappa shape index (κ3) is 3.39. The number of ether oxygens (including phenoxy) is 3. The van der Waals surface area contributed by atoms with E-state index in [1.54, 1.807) is 6.07 Å². The van der Waals surface area contributed by atoms with Gasteiger partial charge in [0.1, 0.15) is 11.8 Å². The Morgan fingerprint density at radius 3 is 2.96 bits per heavy atom. The van der Waals surface area contributed by atoms with Crippen molar-refractivity contribution >= 4 is 11.7 Å². The number of esters is 1. The van der Waals surface area contributed by atoms with Crippen molar-refractivity contribution in [3.8, 4) is 5.75 Å². The van der Waals surface area contributed by atoms with Gasteiger partial charge in [-0.05, 0) is 25.2 Å². The fourth-order valence-corrected chi connectivity index (χ4v) is 4.85. The Hall–Kier alpha value is -2.19. The van der Waals surface area contributed by atoms with Crippen molar-refractivity contribution < 1.29 is 23.9 Å². The number of benzene rings is 1. The van der Waals surface area contributed by atoms with Crippen LogP contribution in [0.3, 0.4) is 0 Å². The first kappa shape index (κ1) is 18.2. The highest BCUT2D eigenvalue weighted by molar-refractivity contribution is 5.76. The summed E-state index contributed by atoms with van der Waals surface area (Å²) in [5.41, 5.74) is 1.44. The van der Waals surface area contributed by atoms with Crippen LogP contribution in [0.25, 0.3) is 0 Å². The van der Waals surface area contributed by atoms with Gasteiger partial charge in [0.15, 0.2) is 6.79 Å². The third-order valence-electron chi connectivity index (χ3n) is 6.03. The molecule has 0 N–H and O–H groups in total. The summed E-state index contributed by atoms with van der Waals surface area (Å²) in [4.78, 5) is 25.5. The van der Waals surface area contributed by atoms with E-state index in [-0.39, 0.29) is 31.1 Å². The molecule has 27 heavy (non-hydrogen) atoms. The standard InChI is InChI=1S/C19H24N2O6/c1-25-19(22)17-8-12-4-2-3-5-16(12)20(17)9-13-6-15(21(23)24)7-14-10-26-11-27-18(13)14/h6-7,12,16-17H,2-5,8-11H2,1H3/t12-,16+,17-/m0/s1. The summed E-state index contributed by atoms with van der Waals surface area (Å²) in [5, 5.41) is 11.4. The number of carbonyl (C=O) groups excluding carboxylic acids is 1. The van der Waals surface area contributed by atoms with Gasteiger partial charge in [0, 0.05) is 35.8 Å². The summed E-state index contributed by atoms with van der Waals surface area (Å²) in [6.45, 7) is 0.853. The molecule has 3 aliphatic rings. The monoisotopic (exact) mass is 376 g/mol. The van der Waals surface area contributed by atoms with Gasteiger partial charge in [-0.15, -0.1) is 0 Å². The highest BCUT2D eigenvalue weighted by Crippen LogP contribution is 2.42. The smallest absolute Gasteiger partial charge is 0.323 e. The second-order valence-electron chi connectivity index (χ2n) is 7.52. The van der Waals surface area contributed by atoms with Gasteiger partial charge in [0.2, 0.25) is 0 Å². The maximum Gasteiger partial charge on any atom is 0.323 e. The Balaban J connectivity index is 1.69. The molecule has 1 saturated heterocycles. The molecule has 1 saturated carbocycles. The first-order valence-corrected chi connectivity index (χ1v) is 9.42. The molecule has 0 bridgehead atoms. The van der Waals surface area contributed by atoms with E-state index < -0.39 is 4.92 Å². The summed E-state index contributed by atoms with van der Waals surface area (Å²) in [7, 11) is 1.41. The molecular weight excluding hydrogens is 352 g/mol. The molecule has 3 atom stereocenters. The molecule has 4 rings (SSSR count). The SMILES string of the molecule is COC(=O)[C@@H]1C[C@@H]2CCCC[C@H]2N1Cc1cc([N+](=O)[O-])cc2c1OCOC2. The molecule has 0 unspecified atom stereocenters. The number of carbonyl (C=O) groups is 1. The minimum absolute atomic E-state index is 0.0202. The zero-order chi connectivity index (χ0) is 19.0. The number of rotatable bonds is 4. The van der Waals surface area contributed by atoms with Crippen LogP contribution in [0.2, 0.25) is 0 Å². The van der Waals surface area contributed by atoms with Crippen molar-refractivity contribution in [1.29, 1.82) is 0 Å². The fraction of sp³-hybridized carbons (Fsp3) is 0.632. The maximum absolute atomic E-state index is 12.4. The van der Waals surface area contributed by atoms with Gasteiger partial charge in [-0.2, -0.15) is 0 Å². The third-order valence-corrected chi connectivity index (χ3v) is 6.03. The number of likely N-dealkylation sites (tertiary alicyclic amines) is 1. The molecule has 0 radical (unpaired) electrons. The van der Waals surface area contributed by atoms with Crippen LogP contribution in [-0.2, 0) is 27.4 Å². The number of hydrogen-bond acceptors (Lipinski definition) is 7. The Labute approximate surface area is 157 Å². The van der Waals surface area contributed by atoms with E-state index in [1.165, 1.54) is 19.6 Å². The van der Waals surface area contributed by atoms with Crippen molar-refractivity contribution in [2.45, 2.75) is 57.3 Å². The van der Waals surface area contributed by atoms with Crippen LogP contribution in [0.5, 0.6) is 5.75 Å². The summed E-state index contributed by atoms with van der Waals surface area (Å²) in [6, 6.07) is 3.06. The number of nitro benzene ring substituents is 1. The average Bonchev–Trinajstić information content (AvgIpc) is 3.05. The van der Waals surface area contributed by atoms with E-state index in [1.807, 2.05) is 0 Å². The summed E-state index contributed by atoms with van der Waals surface area (Å²) < 4.78 is 16.0. The van der Waals surface area contributed by atoms with Crippen LogP contribution in [0, 0.1) is 16.0 Å². The molecule has 8 heteroatoms. The van der Waals surface area contributed by atoms with E-state index in [2.05, 4.69) is 4.90 Å². The van der Waals surface area contributed by atoms with Gasteiger partial charge in [0.25, 0.3) is 5.69 Å². The van der Waals surface area contributed by atoms with Crippen molar-refractivity contribution in [1.82, 2.24) is 4.90 Å². The van der Waals surface area contributed by atoms with Gasteiger partial charge in [0.05, 0.1) is 18.6 Å². The highest BCUT2D eigenvalue weighted by Gasteiger charge is 2.46. The van der Waals surface area contributed by atoms with E-state index >= 15 is 0 Å². The quantitative estimate of drug-likeness (QED) is 0.453. The lowest BCUT2D eigenvalue weighted by Gasteiger charge is -2.34. The predicted octanol–water partition coefficient (Wildman–Crippen LogP) is 2.77. The van der Waals surface area contributed by atoms with Gasteiger partial charge in [-0.1, -0.05) is 12.8 Å². The number of nitrogens with zero attached hydrogens (tertiary/aromatic N) is 2. The molecule has 2 fully saturated rings. The van der Waals surface area contributed by atoms with Gasteiger partial charge < -0.3 is 14.2 Å². The van der Waals surface area contributed by atoms with Gasteiger partial charge >= 0.3 is 5.97 Å². The minimum atomic E-state index is -0.399. The molecule has 2 heterocycles. The van der Waals surface area contributed by atoms with Crippen molar-refractivity contribution in [2.24, 2.45) is 5.92 Å². The van der Waals surface area contributed by atoms with Gasteiger partial charge in [-0.3, -0.25) is 19.8 Å². The first-order chi connectivity index (χ1) is 13.1. The zero-order valence-corrected chi connectivity index (χ0v) is 15.4. The molecular formula is C19H24N2O6. The van der Waals surface area contributed by atoms with Crippen LogP contribution in [0.4, 0.5) is 5.69 Å².